The van der Waals surface area contributed by atoms with E-state index in [-0.39, 0.29) is 0 Å². The lowest BCUT2D eigenvalue weighted by Gasteiger charge is -2.34. The zero-order valence-electron chi connectivity index (χ0n) is 31.1. The van der Waals surface area contributed by atoms with E-state index in [4.69, 9.17) is 19.4 Å². The summed E-state index contributed by atoms with van der Waals surface area (Å²) in [6, 6.07) is 68.2. The van der Waals surface area contributed by atoms with Gasteiger partial charge < -0.3 is 9.47 Å². The standard InChI is InChI=1S/C53H32N2O2S/c1-4-15-33(16-5-1)43-32-44(34-27-28-38-37-21-11-13-26-47(37)58-48(38)31-34)55-52(54-43)40-23-14-25-45-50(40)57-51-46(56-45)30-29-42-49(51)39-22-10-12-24-41(39)53(42,35-17-6-2-7-18-35)36-19-8-3-9-20-36/h1-32H. The van der Waals surface area contributed by atoms with E-state index in [1.165, 1.54) is 36.9 Å². The maximum atomic E-state index is 7.21. The normalized spacial score (nSPS) is 13.2. The van der Waals surface area contributed by atoms with E-state index in [0.29, 0.717) is 28.8 Å². The summed E-state index contributed by atoms with van der Waals surface area (Å²) in [5, 5.41) is 2.52. The van der Waals surface area contributed by atoms with E-state index in [1.54, 1.807) is 11.3 Å². The highest BCUT2D eigenvalue weighted by atomic mass is 32.1. The van der Waals surface area contributed by atoms with Crippen molar-refractivity contribution in [2.75, 3.05) is 0 Å². The van der Waals surface area contributed by atoms with E-state index in [0.717, 1.165) is 44.8 Å². The van der Waals surface area contributed by atoms with E-state index in [2.05, 4.69) is 158 Å². The number of hydrogen-bond donors (Lipinski definition) is 0. The highest BCUT2D eigenvalue weighted by molar-refractivity contribution is 7.25. The molecule has 2 aromatic heterocycles. The predicted octanol–water partition coefficient (Wildman–Crippen LogP) is 14.1. The molecule has 4 nitrogen and oxygen atoms in total. The maximum Gasteiger partial charge on any atom is 0.181 e. The topological polar surface area (TPSA) is 44.2 Å². The molecule has 0 unspecified atom stereocenters. The van der Waals surface area contributed by atoms with Crippen LogP contribution in [0.25, 0.3) is 65.2 Å². The van der Waals surface area contributed by atoms with Gasteiger partial charge in [0, 0.05) is 36.9 Å². The maximum absolute atomic E-state index is 7.21. The molecular formula is C53H32N2O2S. The van der Waals surface area contributed by atoms with Crippen LogP contribution >= 0.6 is 11.3 Å². The number of fused-ring (bicyclic) bond motifs is 9. The lowest BCUT2D eigenvalue weighted by atomic mass is 9.68. The highest BCUT2D eigenvalue weighted by Crippen LogP contribution is 2.62. The number of benzene rings is 8. The zero-order chi connectivity index (χ0) is 38.2. The van der Waals surface area contributed by atoms with E-state index < -0.39 is 5.41 Å². The van der Waals surface area contributed by atoms with Crippen LogP contribution in [-0.2, 0) is 5.41 Å². The third kappa shape index (κ3) is 4.87. The molecule has 1 aliphatic heterocycles. The van der Waals surface area contributed by atoms with Crippen LogP contribution in [0.15, 0.2) is 194 Å². The van der Waals surface area contributed by atoms with Gasteiger partial charge in [0.2, 0.25) is 0 Å². The van der Waals surface area contributed by atoms with Gasteiger partial charge in [-0.05, 0) is 64.2 Å². The summed E-state index contributed by atoms with van der Waals surface area (Å²) in [5.41, 5.74) is 10.8. The second-order valence-electron chi connectivity index (χ2n) is 14.8. The fourth-order valence-electron chi connectivity index (χ4n) is 9.12. The Morgan fingerprint density at radius 3 is 1.84 bits per heavy atom. The number of thiophene rings is 1. The molecule has 272 valence electrons. The van der Waals surface area contributed by atoms with Crippen molar-refractivity contribution in [3.8, 4) is 68.0 Å². The predicted molar refractivity (Wildman–Crippen MR) is 235 cm³/mol. The monoisotopic (exact) mass is 760 g/mol. The van der Waals surface area contributed by atoms with Crippen LogP contribution in [0.1, 0.15) is 22.3 Å². The van der Waals surface area contributed by atoms with Crippen LogP contribution in [0.4, 0.5) is 0 Å². The third-order valence-electron chi connectivity index (χ3n) is 11.7. The quantitative estimate of drug-likeness (QED) is 0.175. The average Bonchev–Trinajstić information content (AvgIpc) is 3.82. The van der Waals surface area contributed by atoms with Crippen LogP contribution in [0.2, 0.25) is 0 Å². The fraction of sp³-hybridized carbons (Fsp3) is 0.0189. The van der Waals surface area contributed by atoms with Crippen molar-refractivity contribution in [1.29, 1.82) is 0 Å². The zero-order valence-corrected chi connectivity index (χ0v) is 31.9. The fourth-order valence-corrected chi connectivity index (χ4v) is 10.3. The van der Waals surface area contributed by atoms with Crippen molar-refractivity contribution in [3.63, 3.8) is 0 Å². The van der Waals surface area contributed by atoms with Gasteiger partial charge in [0.25, 0.3) is 0 Å². The Balaban J connectivity index is 1.05. The minimum absolute atomic E-state index is 0.563. The summed E-state index contributed by atoms with van der Waals surface area (Å²) in [4.78, 5) is 10.5. The van der Waals surface area contributed by atoms with Crippen molar-refractivity contribution in [2.45, 2.75) is 5.41 Å². The molecule has 8 aromatic carbocycles. The second kappa shape index (κ2) is 12.8. The Morgan fingerprint density at radius 1 is 0.414 bits per heavy atom. The molecule has 0 amide bonds. The molecule has 0 saturated carbocycles. The molecule has 2 aliphatic rings. The number of rotatable bonds is 5. The SMILES string of the molecule is c1ccc(-c2cc(-c3ccc4c(c3)sc3ccccc34)nc(-c3cccc4c3Oc3c(ccc5c3-c3ccccc3C5(c3ccccc3)c3ccccc3)O4)n2)cc1. The average molecular weight is 761 g/mol. The summed E-state index contributed by atoms with van der Waals surface area (Å²) in [5.74, 6) is 3.14. The van der Waals surface area contributed by atoms with Crippen molar-refractivity contribution in [2.24, 2.45) is 0 Å². The van der Waals surface area contributed by atoms with Gasteiger partial charge in [0.15, 0.2) is 28.8 Å². The molecule has 0 N–H and O–H groups in total. The summed E-state index contributed by atoms with van der Waals surface area (Å²) >= 11 is 1.81. The van der Waals surface area contributed by atoms with Crippen LogP contribution in [0.3, 0.4) is 0 Å². The van der Waals surface area contributed by atoms with Gasteiger partial charge in [-0.1, -0.05) is 158 Å². The van der Waals surface area contributed by atoms with E-state index >= 15 is 0 Å². The second-order valence-corrected chi connectivity index (χ2v) is 15.9. The molecule has 58 heavy (non-hydrogen) atoms. The van der Waals surface area contributed by atoms with E-state index in [9.17, 15) is 0 Å². The lowest BCUT2D eigenvalue weighted by Crippen LogP contribution is -2.28. The molecule has 0 atom stereocenters. The van der Waals surface area contributed by atoms with Crippen molar-refractivity contribution in [1.82, 2.24) is 9.97 Å². The molecule has 1 aliphatic carbocycles. The molecular weight excluding hydrogens is 729 g/mol. The molecule has 0 fully saturated rings. The molecule has 0 radical (unpaired) electrons. The van der Waals surface area contributed by atoms with Gasteiger partial charge in [-0.25, -0.2) is 9.97 Å². The van der Waals surface area contributed by atoms with E-state index in [1.807, 2.05) is 36.4 Å². The van der Waals surface area contributed by atoms with Crippen LogP contribution in [-0.4, -0.2) is 9.97 Å². The molecule has 10 aromatic rings. The number of aromatic nitrogens is 2. The smallest absolute Gasteiger partial charge is 0.181 e. The number of ether oxygens (including phenoxy) is 2. The first kappa shape index (κ1) is 32.9. The Bertz CT molecular complexity index is 3190. The first-order chi connectivity index (χ1) is 28.7. The summed E-state index contributed by atoms with van der Waals surface area (Å²) in [6.45, 7) is 0. The molecule has 0 spiro atoms. The lowest BCUT2D eigenvalue weighted by molar-refractivity contribution is 0.361. The first-order valence-corrected chi connectivity index (χ1v) is 20.3. The Hall–Kier alpha value is -7.34. The highest BCUT2D eigenvalue weighted by Gasteiger charge is 2.48. The van der Waals surface area contributed by atoms with Gasteiger partial charge in [0.05, 0.1) is 22.4 Å². The van der Waals surface area contributed by atoms with Gasteiger partial charge >= 0.3 is 0 Å². The van der Waals surface area contributed by atoms with Crippen molar-refractivity contribution in [3.05, 3.63) is 216 Å². The minimum atomic E-state index is -0.565. The van der Waals surface area contributed by atoms with Crippen LogP contribution in [0.5, 0.6) is 23.0 Å². The van der Waals surface area contributed by atoms with Crippen molar-refractivity contribution < 1.29 is 9.47 Å². The van der Waals surface area contributed by atoms with Gasteiger partial charge in [-0.15, -0.1) is 11.3 Å². The third-order valence-corrected chi connectivity index (χ3v) is 12.8. The minimum Gasteiger partial charge on any atom is -0.449 e. The number of hydrogen-bond acceptors (Lipinski definition) is 5. The summed E-state index contributed by atoms with van der Waals surface area (Å²) < 4.78 is 16.5. The summed E-state index contributed by atoms with van der Waals surface area (Å²) in [6.07, 6.45) is 0. The molecule has 3 heterocycles. The Kier molecular flexibility index (Phi) is 7.28. The Morgan fingerprint density at radius 2 is 1.05 bits per heavy atom. The van der Waals surface area contributed by atoms with Crippen LogP contribution < -0.4 is 9.47 Å². The summed E-state index contributed by atoms with van der Waals surface area (Å²) in [7, 11) is 0. The Labute approximate surface area is 339 Å². The number of nitrogens with zero attached hydrogens (tertiary/aromatic N) is 2. The number of para-hydroxylation sites is 1. The molecule has 0 saturated heterocycles. The molecule has 0 bridgehead atoms. The van der Waals surface area contributed by atoms with Gasteiger partial charge in [0.1, 0.15) is 0 Å². The molecule has 12 rings (SSSR count). The van der Waals surface area contributed by atoms with Gasteiger partial charge in [-0.3, -0.25) is 0 Å². The molecule has 5 heteroatoms. The van der Waals surface area contributed by atoms with Gasteiger partial charge in [-0.2, -0.15) is 0 Å². The largest absolute Gasteiger partial charge is 0.449 e. The first-order valence-electron chi connectivity index (χ1n) is 19.5. The van der Waals surface area contributed by atoms with Crippen LogP contribution in [0, 0.1) is 0 Å². The van der Waals surface area contributed by atoms with Crippen molar-refractivity contribution >= 4 is 31.5 Å².